The normalized spacial score (nSPS) is 17.0. The van der Waals surface area contributed by atoms with Crippen LogP contribution in [0.5, 0.6) is 0 Å². The van der Waals surface area contributed by atoms with Gasteiger partial charge in [0.1, 0.15) is 5.69 Å². The molecule has 2 heterocycles. The highest BCUT2D eigenvalue weighted by Gasteiger charge is 2.39. The van der Waals surface area contributed by atoms with E-state index in [4.69, 9.17) is 4.52 Å². The standard InChI is InChI=1S/C29H27N3O3/c1-3-28(33)32(22-14-8-5-9-15-22)26-18-20(2)31(25-17-11-10-16-23(25)26)29(34)27-19-24(30-35-27)21-12-6-4-7-13-21/h4-17,19-20,26H,3,18H2,1-2H3/t20-,26+/m0/s1. The van der Waals surface area contributed by atoms with Crippen molar-refractivity contribution >= 4 is 23.2 Å². The fourth-order valence-electron chi connectivity index (χ4n) is 4.83. The largest absolute Gasteiger partial charge is 0.350 e. The van der Waals surface area contributed by atoms with Gasteiger partial charge >= 0.3 is 0 Å². The Hall–Kier alpha value is -4.19. The Morgan fingerprint density at radius 2 is 1.63 bits per heavy atom. The van der Waals surface area contributed by atoms with E-state index in [1.165, 1.54) is 0 Å². The third kappa shape index (κ3) is 4.23. The van der Waals surface area contributed by atoms with Gasteiger partial charge in [-0.3, -0.25) is 9.59 Å². The van der Waals surface area contributed by atoms with Crippen LogP contribution in [-0.2, 0) is 4.79 Å². The first kappa shape index (κ1) is 22.6. The van der Waals surface area contributed by atoms with Crippen molar-refractivity contribution in [2.24, 2.45) is 0 Å². The zero-order valence-electron chi connectivity index (χ0n) is 19.8. The number of carbonyl (C=O) groups is 2. The maximum absolute atomic E-state index is 13.7. The van der Waals surface area contributed by atoms with Gasteiger partial charge in [-0.1, -0.05) is 78.8 Å². The number of aromatic nitrogens is 1. The summed E-state index contributed by atoms with van der Waals surface area (Å²) in [5.74, 6) is -0.00890. The van der Waals surface area contributed by atoms with Gasteiger partial charge in [-0.15, -0.1) is 0 Å². The lowest BCUT2D eigenvalue weighted by atomic mass is 9.89. The predicted molar refractivity (Wildman–Crippen MR) is 136 cm³/mol. The minimum atomic E-state index is -0.244. The molecule has 0 unspecified atom stereocenters. The van der Waals surface area contributed by atoms with Crippen molar-refractivity contribution in [3.63, 3.8) is 0 Å². The average molecular weight is 466 g/mol. The number of para-hydroxylation sites is 2. The summed E-state index contributed by atoms with van der Waals surface area (Å²) in [4.78, 5) is 30.4. The van der Waals surface area contributed by atoms with E-state index in [1.807, 2.05) is 104 Å². The highest BCUT2D eigenvalue weighted by atomic mass is 16.5. The highest BCUT2D eigenvalue weighted by molar-refractivity contribution is 6.06. The molecule has 6 nitrogen and oxygen atoms in total. The number of rotatable bonds is 5. The lowest BCUT2D eigenvalue weighted by molar-refractivity contribution is -0.118. The van der Waals surface area contributed by atoms with Crippen molar-refractivity contribution in [3.05, 3.63) is 102 Å². The number of nitrogens with zero attached hydrogens (tertiary/aromatic N) is 3. The van der Waals surface area contributed by atoms with Gasteiger partial charge in [-0.05, 0) is 37.1 Å². The van der Waals surface area contributed by atoms with Gasteiger partial charge in [-0.25, -0.2) is 0 Å². The van der Waals surface area contributed by atoms with Crippen LogP contribution >= 0.6 is 0 Å². The van der Waals surface area contributed by atoms with Crippen molar-refractivity contribution < 1.29 is 14.1 Å². The van der Waals surface area contributed by atoms with Gasteiger partial charge in [0.15, 0.2) is 0 Å². The van der Waals surface area contributed by atoms with E-state index in [9.17, 15) is 9.59 Å². The molecule has 0 spiro atoms. The molecule has 4 aromatic rings. The molecular weight excluding hydrogens is 438 g/mol. The second-order valence-electron chi connectivity index (χ2n) is 8.73. The summed E-state index contributed by atoms with van der Waals surface area (Å²) in [6.07, 6.45) is 0.994. The summed E-state index contributed by atoms with van der Waals surface area (Å²) in [7, 11) is 0. The van der Waals surface area contributed by atoms with Crippen molar-refractivity contribution in [2.45, 2.75) is 38.8 Å². The van der Waals surface area contributed by atoms with E-state index in [-0.39, 0.29) is 29.7 Å². The number of anilines is 2. The van der Waals surface area contributed by atoms with E-state index < -0.39 is 0 Å². The molecule has 0 saturated heterocycles. The van der Waals surface area contributed by atoms with Gasteiger partial charge in [0, 0.05) is 35.5 Å². The molecule has 176 valence electrons. The van der Waals surface area contributed by atoms with Crippen LogP contribution in [0.25, 0.3) is 11.3 Å². The Balaban J connectivity index is 1.52. The monoisotopic (exact) mass is 465 g/mol. The molecule has 35 heavy (non-hydrogen) atoms. The van der Waals surface area contributed by atoms with Crippen molar-refractivity contribution in [2.75, 3.05) is 9.80 Å². The van der Waals surface area contributed by atoms with E-state index >= 15 is 0 Å². The van der Waals surface area contributed by atoms with Crippen LogP contribution in [0.2, 0.25) is 0 Å². The van der Waals surface area contributed by atoms with Crippen LogP contribution in [0.1, 0.15) is 48.8 Å². The third-order valence-corrected chi connectivity index (χ3v) is 6.49. The topological polar surface area (TPSA) is 66.7 Å². The molecule has 0 bridgehead atoms. The van der Waals surface area contributed by atoms with Gasteiger partial charge in [0.05, 0.1) is 6.04 Å². The number of fused-ring (bicyclic) bond motifs is 1. The zero-order chi connectivity index (χ0) is 24.4. The molecule has 1 aromatic heterocycles. The summed E-state index contributed by atoms with van der Waals surface area (Å²) in [6, 6.07) is 28.5. The molecule has 0 fully saturated rings. The van der Waals surface area contributed by atoms with E-state index in [2.05, 4.69) is 5.16 Å². The molecule has 5 rings (SSSR count). The maximum atomic E-state index is 13.7. The van der Waals surface area contributed by atoms with Crippen molar-refractivity contribution in [1.29, 1.82) is 0 Å². The number of benzene rings is 3. The van der Waals surface area contributed by atoms with Crippen molar-refractivity contribution in [3.8, 4) is 11.3 Å². The van der Waals surface area contributed by atoms with Gasteiger partial charge in [-0.2, -0.15) is 0 Å². The Labute approximate surface area is 204 Å². The number of hydrogen-bond donors (Lipinski definition) is 0. The zero-order valence-corrected chi connectivity index (χ0v) is 19.8. The molecule has 0 radical (unpaired) electrons. The van der Waals surface area contributed by atoms with Crippen LogP contribution in [0.15, 0.2) is 95.5 Å². The Kier molecular flexibility index (Phi) is 6.19. The molecule has 0 N–H and O–H groups in total. The molecule has 1 aliphatic rings. The second-order valence-corrected chi connectivity index (χ2v) is 8.73. The van der Waals surface area contributed by atoms with Crippen molar-refractivity contribution in [1.82, 2.24) is 5.16 Å². The van der Waals surface area contributed by atoms with Gasteiger partial charge in [0.2, 0.25) is 11.7 Å². The van der Waals surface area contributed by atoms with Crippen LogP contribution in [0, 0.1) is 0 Å². The van der Waals surface area contributed by atoms with Crippen LogP contribution in [0.3, 0.4) is 0 Å². The first-order valence-electron chi connectivity index (χ1n) is 11.9. The predicted octanol–water partition coefficient (Wildman–Crippen LogP) is 6.26. The SMILES string of the molecule is CCC(=O)N(c1ccccc1)[C@@H]1C[C@H](C)N(C(=O)c2cc(-c3ccccc3)no2)c2ccccc21. The summed E-state index contributed by atoms with van der Waals surface area (Å²) < 4.78 is 5.49. The molecule has 2 amide bonds. The molecule has 3 aromatic carbocycles. The summed E-state index contributed by atoms with van der Waals surface area (Å²) >= 11 is 0. The smallest absolute Gasteiger partial charge is 0.297 e. The Morgan fingerprint density at radius 1 is 0.971 bits per heavy atom. The van der Waals surface area contributed by atoms with E-state index in [0.29, 0.717) is 18.5 Å². The second kappa shape index (κ2) is 9.58. The molecule has 2 atom stereocenters. The fourth-order valence-corrected chi connectivity index (χ4v) is 4.83. The number of carbonyl (C=O) groups excluding carboxylic acids is 2. The molecule has 1 aliphatic heterocycles. The fraction of sp³-hybridized carbons (Fsp3) is 0.207. The molecule has 0 aliphatic carbocycles. The minimum Gasteiger partial charge on any atom is -0.350 e. The lowest BCUT2D eigenvalue weighted by Crippen LogP contribution is -2.47. The highest BCUT2D eigenvalue weighted by Crippen LogP contribution is 2.43. The van der Waals surface area contributed by atoms with Gasteiger partial charge in [0.25, 0.3) is 5.91 Å². The Bertz CT molecular complexity index is 1330. The average Bonchev–Trinajstić information content (AvgIpc) is 3.40. The molecular formula is C29H27N3O3. The molecule has 0 saturated carbocycles. The quantitative estimate of drug-likeness (QED) is 0.349. The summed E-state index contributed by atoms with van der Waals surface area (Å²) in [5.41, 5.74) is 4.08. The first-order chi connectivity index (χ1) is 17.1. The van der Waals surface area contributed by atoms with Crippen LogP contribution in [0.4, 0.5) is 11.4 Å². The Morgan fingerprint density at radius 3 is 2.34 bits per heavy atom. The number of amides is 2. The first-order valence-corrected chi connectivity index (χ1v) is 11.9. The van der Waals surface area contributed by atoms with E-state index in [0.717, 1.165) is 22.5 Å². The summed E-state index contributed by atoms with van der Waals surface area (Å²) in [5, 5.41) is 4.13. The van der Waals surface area contributed by atoms with Crippen LogP contribution in [-0.4, -0.2) is 23.0 Å². The lowest BCUT2D eigenvalue weighted by Gasteiger charge is -2.43. The van der Waals surface area contributed by atoms with Crippen LogP contribution < -0.4 is 9.80 Å². The minimum absolute atomic E-state index is 0.0470. The van der Waals surface area contributed by atoms with Gasteiger partial charge < -0.3 is 14.3 Å². The maximum Gasteiger partial charge on any atom is 0.297 e. The number of hydrogen-bond acceptors (Lipinski definition) is 4. The molecule has 6 heteroatoms. The van der Waals surface area contributed by atoms with E-state index in [1.54, 1.807) is 11.0 Å². The third-order valence-electron chi connectivity index (χ3n) is 6.49. The summed E-state index contributed by atoms with van der Waals surface area (Å²) in [6.45, 7) is 3.88.